The second-order valence-electron chi connectivity index (χ2n) is 3.36. The minimum atomic E-state index is 1.09. The van der Waals surface area contributed by atoms with Gasteiger partial charge in [0.05, 0.1) is 0 Å². The van der Waals surface area contributed by atoms with Crippen LogP contribution in [-0.2, 0) is 0 Å². The second kappa shape index (κ2) is 9.72. The van der Waals surface area contributed by atoms with E-state index < -0.39 is 0 Å². The number of hydrogen-bond donors (Lipinski definition) is 0. The predicted molar refractivity (Wildman–Crippen MR) is 73.2 cm³/mol. The van der Waals surface area contributed by atoms with Crippen molar-refractivity contribution in [3.63, 3.8) is 0 Å². The Morgan fingerprint density at radius 1 is 0.312 bits per heavy atom. The van der Waals surface area contributed by atoms with Crippen LogP contribution in [0.2, 0.25) is 0 Å². The molecular weight excluding hydrogens is 192 g/mol. The molecule has 0 aromatic carbocycles. The van der Waals surface area contributed by atoms with E-state index in [2.05, 4.69) is 36.5 Å². The first-order chi connectivity index (χ1) is 8.00. The van der Waals surface area contributed by atoms with E-state index in [1.165, 1.54) is 0 Å². The minimum Gasteiger partial charge on any atom is -0.0842 e. The Balaban J connectivity index is 2.57. The van der Waals surface area contributed by atoms with Crippen molar-refractivity contribution in [1.29, 1.82) is 0 Å². The number of hydrogen-bond acceptors (Lipinski definition) is 0. The van der Waals surface area contributed by atoms with Crippen LogP contribution in [0.3, 0.4) is 0 Å². The summed E-state index contributed by atoms with van der Waals surface area (Å²) in [6.07, 6.45) is 31.0. The third-order valence-corrected chi connectivity index (χ3v) is 1.99. The largest absolute Gasteiger partial charge is 0.0842 e. The van der Waals surface area contributed by atoms with Crippen molar-refractivity contribution in [2.24, 2.45) is 0 Å². The monoisotopic (exact) mass is 210 g/mol. The van der Waals surface area contributed by atoms with E-state index in [9.17, 15) is 0 Å². The molecule has 0 saturated heterocycles. The molecule has 1 rings (SSSR count). The van der Waals surface area contributed by atoms with Crippen molar-refractivity contribution < 1.29 is 0 Å². The molecule has 0 atom stereocenters. The van der Waals surface area contributed by atoms with E-state index in [1.807, 2.05) is 48.6 Å². The minimum absolute atomic E-state index is 1.09. The third kappa shape index (κ3) is 7.57. The van der Waals surface area contributed by atoms with Crippen LogP contribution in [0.25, 0.3) is 0 Å². The smallest absolute Gasteiger partial charge is 0.0313 e. The summed E-state index contributed by atoms with van der Waals surface area (Å²) in [6, 6.07) is 0. The fourth-order valence-electron chi connectivity index (χ4n) is 1.18. The van der Waals surface area contributed by atoms with Gasteiger partial charge in [0.25, 0.3) is 0 Å². The highest BCUT2D eigenvalue weighted by atomic mass is 13.8. The normalized spacial score (nSPS) is 17.0. The van der Waals surface area contributed by atoms with Crippen LogP contribution in [0, 0.1) is 0 Å². The molecule has 1 aliphatic rings. The van der Waals surface area contributed by atoms with E-state index in [-0.39, 0.29) is 0 Å². The molecule has 0 bridgehead atoms. The SMILES string of the molecule is C1=CC=CC=CC=CCCC=CC=CC=C1. The first kappa shape index (κ1) is 12.3. The van der Waals surface area contributed by atoms with Crippen LogP contribution in [0.15, 0.2) is 85.1 Å². The molecule has 0 N–H and O–H groups in total. The molecule has 0 aromatic heterocycles. The molecule has 0 saturated carbocycles. The highest BCUT2D eigenvalue weighted by molar-refractivity contribution is 5.20. The lowest BCUT2D eigenvalue weighted by atomic mass is 10.2. The van der Waals surface area contributed by atoms with Gasteiger partial charge >= 0.3 is 0 Å². The van der Waals surface area contributed by atoms with E-state index in [4.69, 9.17) is 0 Å². The molecule has 0 amide bonds. The highest BCUT2D eigenvalue weighted by Gasteiger charge is 1.74. The Morgan fingerprint density at radius 2 is 0.562 bits per heavy atom. The van der Waals surface area contributed by atoms with Gasteiger partial charge in [-0.2, -0.15) is 0 Å². The molecular formula is C16H18. The standard InChI is InChI=1S/C16H18/c1-2-4-6-8-10-12-14-16-15-13-11-9-7-5-3-1/h1-14H,15-16H2. The Labute approximate surface area is 98.4 Å². The van der Waals surface area contributed by atoms with Crippen LogP contribution >= 0.6 is 0 Å². The van der Waals surface area contributed by atoms with Gasteiger partial charge in [-0.05, 0) is 12.8 Å². The lowest BCUT2D eigenvalue weighted by Gasteiger charge is -1.84. The summed E-state index contributed by atoms with van der Waals surface area (Å²) in [4.78, 5) is 0. The van der Waals surface area contributed by atoms with E-state index in [1.54, 1.807) is 0 Å². The maximum atomic E-state index is 2.18. The number of rotatable bonds is 0. The molecule has 0 radical (unpaired) electrons. The van der Waals surface area contributed by atoms with Crippen molar-refractivity contribution in [2.45, 2.75) is 12.8 Å². The summed E-state index contributed by atoms with van der Waals surface area (Å²) < 4.78 is 0. The fraction of sp³-hybridized carbons (Fsp3) is 0.125. The molecule has 0 aromatic rings. The molecule has 0 nitrogen and oxygen atoms in total. The summed E-state index contributed by atoms with van der Waals surface area (Å²) in [7, 11) is 0. The quantitative estimate of drug-likeness (QED) is 0.545. The van der Waals surface area contributed by atoms with Crippen LogP contribution in [0.4, 0.5) is 0 Å². The van der Waals surface area contributed by atoms with Crippen molar-refractivity contribution in [3.8, 4) is 0 Å². The van der Waals surface area contributed by atoms with Gasteiger partial charge in [-0.15, -0.1) is 0 Å². The summed E-state index contributed by atoms with van der Waals surface area (Å²) in [6.45, 7) is 0. The average Bonchev–Trinajstić information content (AvgIpc) is 2.29. The van der Waals surface area contributed by atoms with E-state index >= 15 is 0 Å². The van der Waals surface area contributed by atoms with Crippen molar-refractivity contribution >= 4 is 0 Å². The van der Waals surface area contributed by atoms with Gasteiger partial charge in [0.2, 0.25) is 0 Å². The van der Waals surface area contributed by atoms with Crippen LogP contribution in [0.1, 0.15) is 12.8 Å². The summed E-state index contributed by atoms with van der Waals surface area (Å²) in [5.74, 6) is 0. The first-order valence-electron chi connectivity index (χ1n) is 5.65. The summed E-state index contributed by atoms with van der Waals surface area (Å²) in [5, 5.41) is 0. The van der Waals surface area contributed by atoms with Crippen LogP contribution < -0.4 is 0 Å². The molecule has 0 spiro atoms. The molecule has 0 heteroatoms. The summed E-state index contributed by atoms with van der Waals surface area (Å²) >= 11 is 0. The Kier molecular flexibility index (Phi) is 7.45. The zero-order valence-electron chi connectivity index (χ0n) is 9.50. The lowest BCUT2D eigenvalue weighted by Crippen LogP contribution is -1.63. The van der Waals surface area contributed by atoms with Gasteiger partial charge in [-0.25, -0.2) is 0 Å². The maximum Gasteiger partial charge on any atom is -0.0313 e. The Morgan fingerprint density at radius 3 is 0.875 bits per heavy atom. The lowest BCUT2D eigenvalue weighted by molar-refractivity contribution is 1.05. The van der Waals surface area contributed by atoms with Crippen LogP contribution in [0.5, 0.6) is 0 Å². The fourth-order valence-corrected chi connectivity index (χ4v) is 1.18. The molecule has 82 valence electrons. The van der Waals surface area contributed by atoms with Crippen molar-refractivity contribution in [3.05, 3.63) is 85.1 Å². The second-order valence-corrected chi connectivity index (χ2v) is 3.36. The number of allylic oxidation sites excluding steroid dienone is 14. The predicted octanol–water partition coefficient (Wildman–Crippen LogP) is 4.67. The molecule has 1 aliphatic carbocycles. The molecule has 0 fully saturated rings. The van der Waals surface area contributed by atoms with Crippen LogP contribution in [-0.4, -0.2) is 0 Å². The van der Waals surface area contributed by atoms with Gasteiger partial charge in [-0.1, -0.05) is 85.1 Å². The van der Waals surface area contributed by atoms with Crippen molar-refractivity contribution in [1.82, 2.24) is 0 Å². The maximum absolute atomic E-state index is 2.18. The van der Waals surface area contributed by atoms with Gasteiger partial charge in [-0.3, -0.25) is 0 Å². The zero-order chi connectivity index (χ0) is 11.3. The van der Waals surface area contributed by atoms with Gasteiger partial charge < -0.3 is 0 Å². The van der Waals surface area contributed by atoms with Gasteiger partial charge in [0, 0.05) is 0 Å². The van der Waals surface area contributed by atoms with E-state index in [0.29, 0.717) is 0 Å². The highest BCUT2D eigenvalue weighted by Crippen LogP contribution is 1.94. The molecule has 16 heavy (non-hydrogen) atoms. The molecule has 0 unspecified atom stereocenters. The third-order valence-electron chi connectivity index (χ3n) is 1.99. The van der Waals surface area contributed by atoms with Crippen molar-refractivity contribution in [2.75, 3.05) is 0 Å². The Hall–Kier alpha value is -1.82. The molecule has 0 aliphatic heterocycles. The topological polar surface area (TPSA) is 0 Å². The van der Waals surface area contributed by atoms with E-state index in [0.717, 1.165) is 12.8 Å². The first-order valence-corrected chi connectivity index (χ1v) is 5.65. The van der Waals surface area contributed by atoms with Gasteiger partial charge in [0.1, 0.15) is 0 Å². The van der Waals surface area contributed by atoms with Gasteiger partial charge in [0.15, 0.2) is 0 Å². The summed E-state index contributed by atoms with van der Waals surface area (Å²) in [5.41, 5.74) is 0. The molecule has 0 heterocycles. The average molecular weight is 210 g/mol. The zero-order valence-corrected chi connectivity index (χ0v) is 9.50. The Bertz CT molecular complexity index is 321.